The summed E-state index contributed by atoms with van der Waals surface area (Å²) in [4.78, 5) is 104. The first-order valence-corrected chi connectivity index (χ1v) is 18.7. The van der Waals surface area contributed by atoms with Crippen LogP contribution < -0.4 is 26.8 Å². The fourth-order valence-corrected chi connectivity index (χ4v) is 6.27. The minimum atomic E-state index is -1.66. The number of benzene rings is 3. The first-order valence-electron chi connectivity index (χ1n) is 18.7. The van der Waals surface area contributed by atoms with Gasteiger partial charge in [-0.3, -0.25) is 33.6 Å². The number of rotatable bonds is 18. The third kappa shape index (κ3) is 11.6. The molecular weight excluding hydrogens is 748 g/mol. The fraction of sp³-hybridized carbons (Fsp3) is 0.333. The molecule has 6 N–H and O–H groups in total. The van der Waals surface area contributed by atoms with E-state index in [1.54, 1.807) is 33.8 Å². The van der Waals surface area contributed by atoms with Crippen molar-refractivity contribution in [3.8, 4) is 0 Å². The van der Waals surface area contributed by atoms with Gasteiger partial charge in [0.1, 0.15) is 23.8 Å². The molecule has 3 aromatic carbocycles. The van der Waals surface area contributed by atoms with Crippen LogP contribution in [0.25, 0.3) is 10.8 Å². The van der Waals surface area contributed by atoms with Gasteiger partial charge in [-0.2, -0.15) is 0 Å². The van der Waals surface area contributed by atoms with Crippen LogP contribution in [0.1, 0.15) is 73.7 Å². The summed E-state index contributed by atoms with van der Waals surface area (Å²) >= 11 is 0. The Morgan fingerprint density at radius 1 is 0.759 bits per heavy atom. The van der Waals surface area contributed by atoms with Crippen molar-refractivity contribution in [3.05, 3.63) is 107 Å². The van der Waals surface area contributed by atoms with Crippen molar-refractivity contribution in [1.29, 1.82) is 0 Å². The molecule has 306 valence electrons. The van der Waals surface area contributed by atoms with Gasteiger partial charge in [-0.25, -0.2) is 4.79 Å². The topological polar surface area (TPSA) is 233 Å². The molecule has 0 fully saturated rings. The van der Waals surface area contributed by atoms with Crippen molar-refractivity contribution < 1.29 is 43.8 Å². The molecule has 2 unspecified atom stereocenters. The number of carbonyl (C=O) groups is 7. The minimum absolute atomic E-state index is 0.0554. The summed E-state index contributed by atoms with van der Waals surface area (Å²) in [5.74, 6) is -6.93. The lowest BCUT2D eigenvalue weighted by atomic mass is 9.97. The number of amides is 5. The van der Waals surface area contributed by atoms with Crippen LogP contribution >= 0.6 is 0 Å². The highest BCUT2D eigenvalue weighted by Gasteiger charge is 2.34. The average molecular weight is 797 g/mol. The summed E-state index contributed by atoms with van der Waals surface area (Å²) in [7, 11) is 1.21. The van der Waals surface area contributed by atoms with Gasteiger partial charge in [0.15, 0.2) is 0 Å². The van der Waals surface area contributed by atoms with Crippen molar-refractivity contribution >= 4 is 63.6 Å². The SMILES string of the molecule is CCC(C)C(C(=O)N[C@@H](CC(=O)O)C(=O)N(C)CC(=O)N[C@@H](CC(C)C)C(=O)O)n1cccc(NC(=O)c2ccc(C(=O)Nc3ccc4ccccc4c3)cc2)c1=O. The van der Waals surface area contributed by atoms with Gasteiger partial charge in [0.2, 0.25) is 17.7 Å². The molecule has 16 nitrogen and oxygen atoms in total. The third-order valence-electron chi connectivity index (χ3n) is 9.48. The molecule has 0 bridgehead atoms. The number of nitrogens with one attached hydrogen (secondary N) is 4. The molecule has 0 saturated carbocycles. The molecule has 0 spiro atoms. The van der Waals surface area contributed by atoms with Gasteiger partial charge in [0, 0.05) is 30.1 Å². The van der Waals surface area contributed by atoms with Crippen LogP contribution in [0.3, 0.4) is 0 Å². The number of carboxylic acid groups (broad SMARTS) is 2. The first-order chi connectivity index (χ1) is 27.5. The van der Waals surface area contributed by atoms with Crippen LogP contribution in [0.2, 0.25) is 0 Å². The summed E-state index contributed by atoms with van der Waals surface area (Å²) in [6, 6.07) is 17.7. The van der Waals surface area contributed by atoms with E-state index in [4.69, 9.17) is 0 Å². The Morgan fingerprint density at radius 3 is 1.97 bits per heavy atom. The summed E-state index contributed by atoms with van der Waals surface area (Å²) in [5.41, 5.74) is 0.0943. The Balaban J connectivity index is 1.47. The highest BCUT2D eigenvalue weighted by molar-refractivity contribution is 6.07. The Hall–Kier alpha value is -6.84. The number of hydrogen-bond donors (Lipinski definition) is 6. The highest BCUT2D eigenvalue weighted by atomic mass is 16.4. The second kappa shape index (κ2) is 19.8. The molecule has 4 rings (SSSR count). The predicted molar refractivity (Wildman–Crippen MR) is 216 cm³/mol. The fourth-order valence-electron chi connectivity index (χ4n) is 6.27. The monoisotopic (exact) mass is 796 g/mol. The number of anilines is 2. The zero-order valence-corrected chi connectivity index (χ0v) is 32.9. The second-order valence-corrected chi connectivity index (χ2v) is 14.5. The molecule has 0 radical (unpaired) electrons. The maximum Gasteiger partial charge on any atom is 0.326 e. The maximum absolute atomic E-state index is 13.9. The lowest BCUT2D eigenvalue weighted by molar-refractivity contribution is -0.145. The first kappa shape index (κ1) is 43.9. The van der Waals surface area contributed by atoms with Gasteiger partial charge in [0.05, 0.1) is 13.0 Å². The summed E-state index contributed by atoms with van der Waals surface area (Å²) in [5, 5.41) is 31.2. The lowest BCUT2D eigenvalue weighted by Gasteiger charge is -2.29. The van der Waals surface area contributed by atoms with Crippen LogP contribution in [-0.4, -0.2) is 86.8 Å². The predicted octanol–water partition coefficient (Wildman–Crippen LogP) is 4.13. The van der Waals surface area contributed by atoms with Gasteiger partial charge < -0.3 is 40.9 Å². The molecule has 0 aliphatic rings. The highest BCUT2D eigenvalue weighted by Crippen LogP contribution is 2.23. The Labute approximate surface area is 334 Å². The van der Waals surface area contributed by atoms with Crippen molar-refractivity contribution in [3.63, 3.8) is 0 Å². The summed E-state index contributed by atoms with van der Waals surface area (Å²) in [6.45, 7) is 6.39. The van der Waals surface area contributed by atoms with Crippen molar-refractivity contribution in [2.24, 2.45) is 11.8 Å². The minimum Gasteiger partial charge on any atom is -0.481 e. The second-order valence-electron chi connectivity index (χ2n) is 14.5. The van der Waals surface area contributed by atoms with Gasteiger partial charge in [0.25, 0.3) is 17.4 Å². The Morgan fingerprint density at radius 2 is 1.38 bits per heavy atom. The Kier molecular flexibility index (Phi) is 15.0. The number of aromatic nitrogens is 1. The molecule has 58 heavy (non-hydrogen) atoms. The number of hydrogen-bond acceptors (Lipinski definition) is 8. The van der Waals surface area contributed by atoms with E-state index in [1.165, 1.54) is 49.6 Å². The van der Waals surface area contributed by atoms with Crippen LogP contribution in [-0.2, 0) is 24.0 Å². The van der Waals surface area contributed by atoms with Crippen LogP contribution in [0, 0.1) is 11.8 Å². The van der Waals surface area contributed by atoms with Crippen molar-refractivity contribution in [1.82, 2.24) is 20.1 Å². The van der Waals surface area contributed by atoms with Crippen molar-refractivity contribution in [2.45, 2.75) is 65.1 Å². The molecule has 16 heteroatoms. The number of aliphatic carboxylic acids is 2. The number of pyridine rings is 1. The van der Waals surface area contributed by atoms with E-state index in [1.807, 2.05) is 36.4 Å². The largest absolute Gasteiger partial charge is 0.481 e. The zero-order valence-electron chi connectivity index (χ0n) is 32.9. The number of carboxylic acids is 2. The number of likely N-dealkylation sites (N-methyl/N-ethyl adjacent to an activating group) is 1. The van der Waals surface area contributed by atoms with Gasteiger partial charge in [-0.15, -0.1) is 0 Å². The van der Waals surface area contributed by atoms with Crippen LogP contribution in [0.5, 0.6) is 0 Å². The summed E-state index contributed by atoms with van der Waals surface area (Å²) in [6.07, 6.45) is 0.987. The number of nitrogens with zero attached hydrogens (tertiary/aromatic N) is 2. The van der Waals surface area contributed by atoms with E-state index in [9.17, 15) is 48.6 Å². The molecule has 1 heterocycles. The number of fused-ring (bicyclic) bond motifs is 1. The van der Waals surface area contributed by atoms with E-state index in [2.05, 4.69) is 21.3 Å². The molecule has 0 aliphatic heterocycles. The number of carbonyl (C=O) groups excluding carboxylic acids is 5. The van der Waals surface area contributed by atoms with Gasteiger partial charge >= 0.3 is 11.9 Å². The molecule has 0 aliphatic carbocycles. The normalized spacial score (nSPS) is 13.1. The quantitative estimate of drug-likeness (QED) is 0.0843. The molecule has 5 amide bonds. The van der Waals surface area contributed by atoms with E-state index in [-0.39, 0.29) is 29.2 Å². The smallest absolute Gasteiger partial charge is 0.326 e. The third-order valence-corrected chi connectivity index (χ3v) is 9.48. The molecule has 1 aromatic heterocycles. The standard InChI is InChI=1S/C42H48N6O10/c1-6-25(4)36(39(54)46-32(22-35(50)51)40(55)47(5)23-34(49)44-33(42(57)58)20-24(2)3)48-19-9-12-31(41(48)56)45-38(53)28-15-13-27(14-16-28)37(52)43-30-18-17-26-10-7-8-11-29(26)21-30/h7-19,21,24-25,32-33,36H,6,20,22-23H2,1-5H3,(H,43,52)(H,44,49)(H,45,53)(H,46,54)(H,50,51)(H,57,58)/t25?,32-,33-,36?/m0/s1. The van der Waals surface area contributed by atoms with E-state index in [0.717, 1.165) is 20.2 Å². The van der Waals surface area contributed by atoms with Crippen LogP contribution in [0.4, 0.5) is 11.4 Å². The van der Waals surface area contributed by atoms with E-state index >= 15 is 0 Å². The summed E-state index contributed by atoms with van der Waals surface area (Å²) < 4.78 is 1.08. The van der Waals surface area contributed by atoms with Crippen molar-refractivity contribution in [2.75, 3.05) is 24.2 Å². The van der Waals surface area contributed by atoms with Gasteiger partial charge in [-0.1, -0.05) is 64.4 Å². The lowest BCUT2D eigenvalue weighted by Crippen LogP contribution is -2.53. The van der Waals surface area contributed by atoms with E-state index < -0.39 is 84.0 Å². The molecule has 4 atom stereocenters. The molecule has 0 saturated heterocycles. The molecular formula is C42H48N6O10. The molecule has 4 aromatic rings. The zero-order chi connectivity index (χ0) is 42.7. The maximum atomic E-state index is 13.9. The Bertz CT molecular complexity index is 2240. The van der Waals surface area contributed by atoms with Gasteiger partial charge in [-0.05, 0) is 77.6 Å². The van der Waals surface area contributed by atoms with E-state index in [0.29, 0.717) is 12.1 Å². The van der Waals surface area contributed by atoms with Crippen LogP contribution in [0.15, 0.2) is 89.9 Å². The average Bonchev–Trinajstić information content (AvgIpc) is 3.17.